The molecule has 1 aromatic carbocycles. The van der Waals surface area contributed by atoms with Gasteiger partial charge in [-0.05, 0) is 47.2 Å². The molecular weight excluding hydrogens is 267 g/mol. The summed E-state index contributed by atoms with van der Waals surface area (Å²) in [5.41, 5.74) is 1.17. The van der Waals surface area contributed by atoms with Gasteiger partial charge in [0.2, 0.25) is 0 Å². The van der Waals surface area contributed by atoms with Crippen LogP contribution in [0.3, 0.4) is 0 Å². The first-order valence-electron chi connectivity index (χ1n) is 3.74. The highest BCUT2D eigenvalue weighted by Gasteiger charge is 1.99. The number of hydrogen-bond donors (Lipinski definition) is 1. The van der Waals surface area contributed by atoms with Gasteiger partial charge >= 0.3 is 0 Å². The Labute approximate surface area is 85.7 Å². The normalized spacial score (nSPS) is 9.92. The van der Waals surface area contributed by atoms with Crippen LogP contribution in [0.1, 0.15) is 5.56 Å². The minimum atomic E-state index is 0.0595. The first-order valence-corrected chi connectivity index (χ1v) is 4.81. The van der Waals surface area contributed by atoms with Gasteiger partial charge < -0.3 is 9.84 Å². The lowest BCUT2D eigenvalue weighted by Gasteiger charge is -2.06. The van der Waals surface area contributed by atoms with Gasteiger partial charge in [0.15, 0.2) is 0 Å². The van der Waals surface area contributed by atoms with Crippen molar-refractivity contribution in [1.82, 2.24) is 0 Å². The van der Waals surface area contributed by atoms with Crippen LogP contribution in [0.2, 0.25) is 0 Å². The Morgan fingerprint density at radius 1 is 1.50 bits per heavy atom. The van der Waals surface area contributed by atoms with Crippen LogP contribution in [0, 0.1) is 10.5 Å². The lowest BCUT2D eigenvalue weighted by molar-refractivity contribution is 0.200. The Balaban J connectivity index is 2.75. The van der Waals surface area contributed by atoms with Crippen LogP contribution in [0.25, 0.3) is 0 Å². The molecule has 0 spiro atoms. The molecule has 3 heteroatoms. The second-order valence-electron chi connectivity index (χ2n) is 2.51. The molecule has 0 saturated heterocycles. The maximum Gasteiger partial charge on any atom is 0.132 e. The van der Waals surface area contributed by atoms with Gasteiger partial charge in [0.1, 0.15) is 12.4 Å². The van der Waals surface area contributed by atoms with Crippen LogP contribution < -0.4 is 4.74 Å². The monoisotopic (exact) mass is 278 g/mol. The molecule has 66 valence electrons. The van der Waals surface area contributed by atoms with E-state index in [1.807, 2.05) is 25.1 Å². The molecule has 0 unspecified atom stereocenters. The molecule has 0 aliphatic rings. The molecule has 0 saturated carbocycles. The predicted molar refractivity (Wildman–Crippen MR) is 56.5 cm³/mol. The molecule has 0 fully saturated rings. The first-order chi connectivity index (χ1) is 5.74. The fourth-order valence-electron chi connectivity index (χ4n) is 0.877. The third-order valence-corrected chi connectivity index (χ3v) is 2.33. The largest absolute Gasteiger partial charge is 0.490 e. The number of benzene rings is 1. The summed E-state index contributed by atoms with van der Waals surface area (Å²) in [4.78, 5) is 0. The standard InChI is InChI=1S/C9H11IO2/c1-7-2-3-8(10)9(6-7)12-5-4-11/h2-3,6,11H,4-5H2,1H3. The van der Waals surface area contributed by atoms with E-state index in [9.17, 15) is 0 Å². The van der Waals surface area contributed by atoms with Gasteiger partial charge in [-0.2, -0.15) is 0 Å². The zero-order valence-corrected chi connectivity index (χ0v) is 9.04. The third kappa shape index (κ3) is 2.64. The minimum Gasteiger partial charge on any atom is -0.490 e. The van der Waals surface area contributed by atoms with Gasteiger partial charge in [0, 0.05) is 0 Å². The van der Waals surface area contributed by atoms with Crippen LogP contribution in [0.15, 0.2) is 18.2 Å². The quantitative estimate of drug-likeness (QED) is 0.857. The van der Waals surface area contributed by atoms with Crippen molar-refractivity contribution in [3.8, 4) is 5.75 Å². The van der Waals surface area contributed by atoms with E-state index < -0.39 is 0 Å². The summed E-state index contributed by atoms with van der Waals surface area (Å²) in [7, 11) is 0. The molecule has 0 amide bonds. The van der Waals surface area contributed by atoms with Crippen molar-refractivity contribution in [2.45, 2.75) is 6.92 Å². The molecule has 0 radical (unpaired) electrons. The molecular formula is C9H11IO2. The summed E-state index contributed by atoms with van der Waals surface area (Å²) in [6.45, 7) is 2.44. The fraction of sp³-hybridized carbons (Fsp3) is 0.333. The van der Waals surface area contributed by atoms with Crippen LogP contribution in [0.4, 0.5) is 0 Å². The van der Waals surface area contributed by atoms with Gasteiger partial charge in [-0.25, -0.2) is 0 Å². The van der Waals surface area contributed by atoms with E-state index in [1.165, 1.54) is 5.56 Å². The molecule has 0 aliphatic heterocycles. The SMILES string of the molecule is Cc1ccc(I)c(OCCO)c1. The van der Waals surface area contributed by atoms with E-state index in [4.69, 9.17) is 9.84 Å². The van der Waals surface area contributed by atoms with Crippen molar-refractivity contribution in [3.63, 3.8) is 0 Å². The number of halogens is 1. The van der Waals surface area contributed by atoms with Crippen molar-refractivity contribution in [2.24, 2.45) is 0 Å². The summed E-state index contributed by atoms with van der Waals surface area (Å²) in [5, 5.41) is 8.56. The second kappa shape index (κ2) is 4.67. The van der Waals surface area contributed by atoms with Gasteiger partial charge in [0.05, 0.1) is 10.2 Å². The molecule has 0 atom stereocenters. The number of aliphatic hydroxyl groups excluding tert-OH is 1. The molecule has 1 rings (SSSR count). The van der Waals surface area contributed by atoms with E-state index >= 15 is 0 Å². The summed E-state index contributed by atoms with van der Waals surface area (Å²) < 4.78 is 6.38. The van der Waals surface area contributed by atoms with Gasteiger partial charge in [-0.15, -0.1) is 0 Å². The van der Waals surface area contributed by atoms with Crippen molar-refractivity contribution >= 4 is 22.6 Å². The highest BCUT2D eigenvalue weighted by Crippen LogP contribution is 2.21. The number of rotatable bonds is 3. The first kappa shape index (κ1) is 9.80. The lowest BCUT2D eigenvalue weighted by Crippen LogP contribution is -2.02. The van der Waals surface area contributed by atoms with Crippen molar-refractivity contribution in [1.29, 1.82) is 0 Å². The zero-order chi connectivity index (χ0) is 8.97. The van der Waals surface area contributed by atoms with Crippen LogP contribution in [-0.4, -0.2) is 18.3 Å². The highest BCUT2D eigenvalue weighted by atomic mass is 127. The molecule has 0 heterocycles. The Hall–Kier alpha value is -0.290. The van der Waals surface area contributed by atoms with Crippen molar-refractivity contribution in [2.75, 3.05) is 13.2 Å². The van der Waals surface area contributed by atoms with Crippen LogP contribution in [-0.2, 0) is 0 Å². The maximum absolute atomic E-state index is 8.56. The topological polar surface area (TPSA) is 29.5 Å². The summed E-state index contributed by atoms with van der Waals surface area (Å²) in [6.07, 6.45) is 0. The van der Waals surface area contributed by atoms with Gasteiger partial charge in [-0.1, -0.05) is 6.07 Å². The van der Waals surface area contributed by atoms with Gasteiger partial charge in [0.25, 0.3) is 0 Å². The molecule has 1 aromatic rings. The van der Waals surface area contributed by atoms with Crippen LogP contribution in [0.5, 0.6) is 5.75 Å². The lowest BCUT2D eigenvalue weighted by atomic mass is 10.2. The van der Waals surface area contributed by atoms with E-state index in [0.717, 1.165) is 9.32 Å². The third-order valence-electron chi connectivity index (χ3n) is 1.44. The molecule has 0 bridgehead atoms. The number of aliphatic hydroxyl groups is 1. The zero-order valence-electron chi connectivity index (χ0n) is 6.88. The van der Waals surface area contributed by atoms with E-state index in [-0.39, 0.29) is 6.61 Å². The molecule has 1 N–H and O–H groups in total. The van der Waals surface area contributed by atoms with Gasteiger partial charge in [-0.3, -0.25) is 0 Å². The van der Waals surface area contributed by atoms with Crippen molar-refractivity contribution < 1.29 is 9.84 Å². The Morgan fingerprint density at radius 3 is 2.92 bits per heavy atom. The predicted octanol–water partition coefficient (Wildman–Crippen LogP) is 1.97. The Kier molecular flexibility index (Phi) is 3.81. The Bertz CT molecular complexity index is 261. The molecule has 0 aliphatic carbocycles. The van der Waals surface area contributed by atoms with E-state index in [0.29, 0.717) is 6.61 Å². The number of ether oxygens (including phenoxy) is 1. The fourth-order valence-corrected chi connectivity index (χ4v) is 1.37. The molecule has 2 nitrogen and oxygen atoms in total. The average molecular weight is 278 g/mol. The summed E-state index contributed by atoms with van der Waals surface area (Å²) >= 11 is 2.21. The van der Waals surface area contributed by atoms with Crippen LogP contribution >= 0.6 is 22.6 Å². The van der Waals surface area contributed by atoms with Crippen molar-refractivity contribution in [3.05, 3.63) is 27.3 Å². The number of hydrogen-bond acceptors (Lipinski definition) is 2. The summed E-state index contributed by atoms with van der Waals surface area (Å²) in [6, 6.07) is 6.01. The number of aryl methyl sites for hydroxylation is 1. The Morgan fingerprint density at radius 2 is 2.25 bits per heavy atom. The average Bonchev–Trinajstić information content (AvgIpc) is 2.07. The highest BCUT2D eigenvalue weighted by molar-refractivity contribution is 14.1. The smallest absolute Gasteiger partial charge is 0.132 e. The van der Waals surface area contributed by atoms with E-state index in [2.05, 4.69) is 22.6 Å². The van der Waals surface area contributed by atoms with E-state index in [1.54, 1.807) is 0 Å². The summed E-state index contributed by atoms with van der Waals surface area (Å²) in [5.74, 6) is 0.852. The minimum absolute atomic E-state index is 0.0595. The maximum atomic E-state index is 8.56. The second-order valence-corrected chi connectivity index (χ2v) is 3.67. The molecule has 12 heavy (non-hydrogen) atoms. The molecule has 0 aromatic heterocycles.